The van der Waals surface area contributed by atoms with Gasteiger partial charge >= 0.3 is 0 Å². The second kappa shape index (κ2) is 4.52. The van der Waals surface area contributed by atoms with Crippen molar-refractivity contribution in [2.45, 2.75) is 32.2 Å². The van der Waals surface area contributed by atoms with Crippen LogP contribution in [0.2, 0.25) is 0 Å². The van der Waals surface area contributed by atoms with Crippen LogP contribution in [-0.4, -0.2) is 6.04 Å². The summed E-state index contributed by atoms with van der Waals surface area (Å²) in [7, 11) is 0. The van der Waals surface area contributed by atoms with E-state index in [0.29, 0.717) is 6.04 Å². The molecule has 0 amide bonds. The minimum Gasteiger partial charge on any atom is -0.327 e. The molecule has 1 nitrogen and oxygen atoms in total. The Balaban J connectivity index is 2.31. The average molecular weight is 169 g/mol. The Labute approximate surface area is 72.2 Å². The Morgan fingerprint density at radius 1 is 1.64 bits per heavy atom. The predicted octanol–water partition coefficient (Wildman–Crippen LogP) is 2.42. The van der Waals surface area contributed by atoms with Gasteiger partial charge in [0, 0.05) is 10.9 Å². The minimum absolute atomic E-state index is 0.360. The first-order chi connectivity index (χ1) is 5.33. The highest BCUT2D eigenvalue weighted by molar-refractivity contribution is 7.09. The van der Waals surface area contributed by atoms with E-state index in [1.165, 1.54) is 11.3 Å². The van der Waals surface area contributed by atoms with E-state index in [4.69, 9.17) is 5.73 Å². The molecule has 0 fully saturated rings. The first-order valence-electron chi connectivity index (χ1n) is 4.11. The van der Waals surface area contributed by atoms with Crippen LogP contribution in [0, 0.1) is 0 Å². The lowest BCUT2D eigenvalue weighted by Crippen LogP contribution is -2.21. The third-order valence-electron chi connectivity index (χ3n) is 1.70. The maximum absolute atomic E-state index is 5.88. The zero-order chi connectivity index (χ0) is 8.10. The van der Waals surface area contributed by atoms with Crippen LogP contribution in [0.15, 0.2) is 17.5 Å². The molecule has 0 aliphatic carbocycles. The molecule has 1 aromatic heterocycles. The second-order valence-corrected chi connectivity index (χ2v) is 3.86. The Morgan fingerprint density at radius 2 is 2.45 bits per heavy atom. The maximum atomic E-state index is 5.88. The summed E-state index contributed by atoms with van der Waals surface area (Å²) in [5.41, 5.74) is 5.88. The van der Waals surface area contributed by atoms with Crippen LogP contribution in [-0.2, 0) is 6.42 Å². The molecule has 0 bridgehead atoms. The van der Waals surface area contributed by atoms with Gasteiger partial charge in [0.15, 0.2) is 0 Å². The van der Waals surface area contributed by atoms with Gasteiger partial charge in [0.05, 0.1) is 0 Å². The van der Waals surface area contributed by atoms with Crippen LogP contribution in [0.25, 0.3) is 0 Å². The molecule has 2 N–H and O–H groups in total. The van der Waals surface area contributed by atoms with Crippen molar-refractivity contribution in [3.05, 3.63) is 22.4 Å². The molecule has 2 heteroatoms. The highest BCUT2D eigenvalue weighted by Crippen LogP contribution is 2.11. The van der Waals surface area contributed by atoms with Gasteiger partial charge in [-0.25, -0.2) is 0 Å². The molecule has 0 aliphatic heterocycles. The summed E-state index contributed by atoms with van der Waals surface area (Å²) in [6.45, 7) is 2.17. The van der Waals surface area contributed by atoms with Crippen molar-refractivity contribution < 1.29 is 0 Å². The molecule has 0 aliphatic rings. The fraction of sp³-hybridized carbons (Fsp3) is 0.556. The summed E-state index contributed by atoms with van der Waals surface area (Å²) in [6, 6.07) is 4.59. The largest absolute Gasteiger partial charge is 0.327 e. The van der Waals surface area contributed by atoms with Crippen molar-refractivity contribution in [2.24, 2.45) is 5.73 Å². The SMILES string of the molecule is CCC[C@@H](N)Cc1cccs1. The Hall–Kier alpha value is -0.340. The van der Waals surface area contributed by atoms with E-state index in [1.807, 2.05) is 0 Å². The molecule has 0 radical (unpaired) electrons. The summed E-state index contributed by atoms with van der Waals surface area (Å²) in [4.78, 5) is 1.41. The van der Waals surface area contributed by atoms with E-state index in [1.54, 1.807) is 11.3 Å². The lowest BCUT2D eigenvalue weighted by atomic mass is 10.1. The van der Waals surface area contributed by atoms with E-state index in [2.05, 4.69) is 24.4 Å². The number of hydrogen-bond acceptors (Lipinski definition) is 2. The van der Waals surface area contributed by atoms with Crippen LogP contribution in [0.4, 0.5) is 0 Å². The van der Waals surface area contributed by atoms with Gasteiger partial charge in [-0.05, 0) is 24.3 Å². The first-order valence-corrected chi connectivity index (χ1v) is 4.99. The number of rotatable bonds is 4. The number of thiophene rings is 1. The highest BCUT2D eigenvalue weighted by atomic mass is 32.1. The highest BCUT2D eigenvalue weighted by Gasteiger charge is 2.02. The number of nitrogens with two attached hydrogens (primary N) is 1. The van der Waals surface area contributed by atoms with Crippen LogP contribution < -0.4 is 5.73 Å². The molecule has 0 spiro atoms. The Bertz CT molecular complexity index is 181. The van der Waals surface area contributed by atoms with Crippen molar-refractivity contribution in [1.29, 1.82) is 0 Å². The molecule has 11 heavy (non-hydrogen) atoms. The van der Waals surface area contributed by atoms with Gasteiger partial charge < -0.3 is 5.73 Å². The van der Waals surface area contributed by atoms with E-state index in [9.17, 15) is 0 Å². The summed E-state index contributed by atoms with van der Waals surface area (Å²) in [5.74, 6) is 0. The molecule has 0 aromatic carbocycles. The van der Waals surface area contributed by atoms with E-state index < -0.39 is 0 Å². The van der Waals surface area contributed by atoms with Crippen molar-refractivity contribution in [2.75, 3.05) is 0 Å². The molecule has 1 aromatic rings. The van der Waals surface area contributed by atoms with E-state index in [-0.39, 0.29) is 0 Å². The van der Waals surface area contributed by atoms with Gasteiger partial charge in [-0.2, -0.15) is 0 Å². The fourth-order valence-electron chi connectivity index (χ4n) is 1.16. The zero-order valence-corrected chi connectivity index (χ0v) is 7.73. The Morgan fingerprint density at radius 3 is 3.00 bits per heavy atom. The van der Waals surface area contributed by atoms with E-state index >= 15 is 0 Å². The van der Waals surface area contributed by atoms with Gasteiger partial charge in [-0.15, -0.1) is 11.3 Å². The van der Waals surface area contributed by atoms with Gasteiger partial charge in [-0.1, -0.05) is 19.4 Å². The lowest BCUT2D eigenvalue weighted by molar-refractivity contribution is 0.604. The summed E-state index contributed by atoms with van der Waals surface area (Å²) < 4.78 is 0. The smallest absolute Gasteiger partial charge is 0.00870 e. The van der Waals surface area contributed by atoms with Crippen molar-refractivity contribution >= 4 is 11.3 Å². The number of hydrogen-bond donors (Lipinski definition) is 1. The van der Waals surface area contributed by atoms with Crippen LogP contribution in [0.1, 0.15) is 24.6 Å². The molecule has 0 saturated carbocycles. The maximum Gasteiger partial charge on any atom is 0.00870 e. The molecule has 62 valence electrons. The monoisotopic (exact) mass is 169 g/mol. The topological polar surface area (TPSA) is 26.0 Å². The van der Waals surface area contributed by atoms with Crippen molar-refractivity contribution in [3.63, 3.8) is 0 Å². The van der Waals surface area contributed by atoms with Crippen LogP contribution in [0.3, 0.4) is 0 Å². The zero-order valence-electron chi connectivity index (χ0n) is 6.92. The molecule has 0 unspecified atom stereocenters. The third-order valence-corrected chi connectivity index (χ3v) is 2.60. The van der Waals surface area contributed by atoms with Crippen LogP contribution >= 0.6 is 11.3 Å². The second-order valence-electron chi connectivity index (χ2n) is 2.83. The molecular weight excluding hydrogens is 154 g/mol. The Kier molecular flexibility index (Phi) is 3.60. The normalized spacial score (nSPS) is 13.3. The first kappa shape index (κ1) is 8.75. The average Bonchev–Trinajstić information content (AvgIpc) is 2.40. The minimum atomic E-state index is 0.360. The fourth-order valence-corrected chi connectivity index (χ4v) is 1.96. The summed E-state index contributed by atoms with van der Waals surface area (Å²) >= 11 is 1.80. The summed E-state index contributed by atoms with van der Waals surface area (Å²) in [6.07, 6.45) is 3.37. The van der Waals surface area contributed by atoms with Crippen molar-refractivity contribution in [3.8, 4) is 0 Å². The lowest BCUT2D eigenvalue weighted by Gasteiger charge is -2.07. The quantitative estimate of drug-likeness (QED) is 0.736. The molecule has 1 atom stereocenters. The van der Waals surface area contributed by atoms with Gasteiger partial charge in [0.25, 0.3) is 0 Å². The summed E-state index contributed by atoms with van der Waals surface area (Å²) in [5, 5.41) is 2.11. The van der Waals surface area contributed by atoms with Gasteiger partial charge in [0.2, 0.25) is 0 Å². The van der Waals surface area contributed by atoms with Gasteiger partial charge in [0.1, 0.15) is 0 Å². The standard InChI is InChI=1S/C9H15NS/c1-2-4-8(10)7-9-5-3-6-11-9/h3,5-6,8H,2,4,7,10H2,1H3/t8-/m1/s1. The van der Waals surface area contributed by atoms with Crippen LogP contribution in [0.5, 0.6) is 0 Å². The van der Waals surface area contributed by atoms with Gasteiger partial charge in [-0.3, -0.25) is 0 Å². The third kappa shape index (κ3) is 3.04. The van der Waals surface area contributed by atoms with E-state index in [0.717, 1.165) is 12.8 Å². The molecule has 1 heterocycles. The predicted molar refractivity (Wildman–Crippen MR) is 50.9 cm³/mol. The van der Waals surface area contributed by atoms with Crippen molar-refractivity contribution in [1.82, 2.24) is 0 Å². The molecule has 0 saturated heterocycles. The molecular formula is C9H15NS. The molecule has 1 rings (SSSR count).